The van der Waals surface area contributed by atoms with Crippen molar-refractivity contribution in [3.63, 3.8) is 0 Å². The van der Waals surface area contributed by atoms with Crippen molar-refractivity contribution >= 4 is 5.82 Å². The highest BCUT2D eigenvalue weighted by Gasteiger charge is 2.28. The molecule has 0 aromatic carbocycles. The first kappa shape index (κ1) is 16.1. The van der Waals surface area contributed by atoms with E-state index in [1.165, 1.54) is 12.8 Å². The molecular weight excluding hydrogens is 262 g/mol. The number of aromatic nitrogens is 2. The van der Waals surface area contributed by atoms with E-state index in [2.05, 4.69) is 43.0 Å². The Morgan fingerprint density at radius 1 is 1.24 bits per heavy atom. The first-order valence-corrected chi connectivity index (χ1v) is 8.30. The molecule has 2 rings (SSSR count). The van der Waals surface area contributed by atoms with Gasteiger partial charge in [-0.25, -0.2) is 9.97 Å². The first-order chi connectivity index (χ1) is 10.1. The summed E-state index contributed by atoms with van der Waals surface area (Å²) >= 11 is 0. The van der Waals surface area contributed by atoms with Crippen LogP contribution < -0.4 is 10.1 Å². The van der Waals surface area contributed by atoms with E-state index in [0.29, 0.717) is 11.5 Å². The van der Waals surface area contributed by atoms with Crippen LogP contribution in [0.25, 0.3) is 0 Å². The van der Waals surface area contributed by atoms with Gasteiger partial charge in [0.2, 0.25) is 5.88 Å². The Hall–Kier alpha value is -1.32. The van der Waals surface area contributed by atoms with Gasteiger partial charge in [0.1, 0.15) is 18.2 Å². The highest BCUT2D eigenvalue weighted by molar-refractivity contribution is 5.48. The number of anilines is 1. The summed E-state index contributed by atoms with van der Waals surface area (Å²) in [6.45, 7) is 9.91. The van der Waals surface area contributed by atoms with E-state index in [1.54, 1.807) is 6.33 Å². The molecule has 1 aromatic rings. The fraction of sp³-hybridized carbons (Fsp3) is 0.765. The lowest BCUT2D eigenvalue weighted by Gasteiger charge is -2.34. The minimum absolute atomic E-state index is 0.303. The molecule has 1 aromatic heterocycles. The summed E-state index contributed by atoms with van der Waals surface area (Å²) in [7, 11) is 0. The lowest BCUT2D eigenvalue weighted by atomic mass is 9.76. The Labute approximate surface area is 128 Å². The zero-order chi connectivity index (χ0) is 15.3. The van der Waals surface area contributed by atoms with Crippen LogP contribution in [0.1, 0.15) is 65.4 Å². The molecule has 0 atom stereocenters. The number of nitrogens with zero attached hydrogens (tertiary/aromatic N) is 2. The van der Waals surface area contributed by atoms with Crippen LogP contribution >= 0.6 is 0 Å². The molecular formula is C17H29N3O. The number of hydrogen-bond donors (Lipinski definition) is 1. The number of ether oxygens (including phenoxy) is 1. The Morgan fingerprint density at radius 2 is 1.95 bits per heavy atom. The van der Waals surface area contributed by atoms with Gasteiger partial charge in [-0.15, -0.1) is 0 Å². The predicted molar refractivity (Wildman–Crippen MR) is 86.9 cm³/mol. The van der Waals surface area contributed by atoms with Crippen LogP contribution in [0.5, 0.6) is 5.88 Å². The van der Waals surface area contributed by atoms with Crippen molar-refractivity contribution < 1.29 is 4.74 Å². The highest BCUT2D eigenvalue weighted by Crippen LogP contribution is 2.37. The Kier molecular flexibility index (Phi) is 5.43. The van der Waals surface area contributed by atoms with Crippen molar-refractivity contribution in [3.05, 3.63) is 11.9 Å². The molecule has 4 nitrogen and oxygen atoms in total. The lowest BCUT2D eigenvalue weighted by Crippen LogP contribution is -2.29. The summed E-state index contributed by atoms with van der Waals surface area (Å²) in [6, 6.07) is 0. The van der Waals surface area contributed by atoms with Gasteiger partial charge < -0.3 is 10.1 Å². The molecule has 118 valence electrons. The topological polar surface area (TPSA) is 47.0 Å². The van der Waals surface area contributed by atoms with E-state index in [4.69, 9.17) is 4.74 Å². The zero-order valence-corrected chi connectivity index (χ0v) is 13.9. The van der Waals surface area contributed by atoms with Gasteiger partial charge in [0.15, 0.2) is 0 Å². The summed E-state index contributed by atoms with van der Waals surface area (Å²) in [5, 5.41) is 3.37. The highest BCUT2D eigenvalue weighted by atomic mass is 16.5. The van der Waals surface area contributed by atoms with Crippen molar-refractivity contribution in [2.24, 2.45) is 5.41 Å². The van der Waals surface area contributed by atoms with Crippen molar-refractivity contribution in [3.8, 4) is 5.88 Å². The standard InChI is InChI=1S/C17H29N3O/c1-5-11-18-15-14(6-2)16(20-12-19-15)21-13-7-9-17(3,4)10-8-13/h12-13H,5-11H2,1-4H3,(H,18,19,20). The van der Waals surface area contributed by atoms with Gasteiger partial charge in [0.05, 0.1) is 5.56 Å². The quantitative estimate of drug-likeness (QED) is 0.853. The molecule has 0 radical (unpaired) electrons. The van der Waals surface area contributed by atoms with Crippen molar-refractivity contribution in [2.75, 3.05) is 11.9 Å². The van der Waals surface area contributed by atoms with Crippen molar-refractivity contribution in [1.29, 1.82) is 0 Å². The molecule has 0 amide bonds. The molecule has 1 fully saturated rings. The van der Waals surface area contributed by atoms with Crippen molar-refractivity contribution in [1.82, 2.24) is 9.97 Å². The second-order valence-electron chi connectivity index (χ2n) is 6.77. The maximum atomic E-state index is 6.20. The summed E-state index contributed by atoms with van der Waals surface area (Å²) in [5.41, 5.74) is 1.57. The average Bonchev–Trinajstić information content (AvgIpc) is 2.47. The van der Waals surface area contributed by atoms with Crippen LogP contribution in [0, 0.1) is 5.41 Å². The molecule has 0 saturated heterocycles. The van der Waals surface area contributed by atoms with E-state index in [1.807, 2.05) is 0 Å². The van der Waals surface area contributed by atoms with Gasteiger partial charge in [0, 0.05) is 6.54 Å². The van der Waals surface area contributed by atoms with Crippen LogP contribution in [0.2, 0.25) is 0 Å². The smallest absolute Gasteiger partial charge is 0.222 e. The van der Waals surface area contributed by atoms with E-state index in [9.17, 15) is 0 Å². The second kappa shape index (κ2) is 7.10. The molecule has 1 aliphatic carbocycles. The van der Waals surface area contributed by atoms with Gasteiger partial charge in [-0.1, -0.05) is 27.7 Å². The molecule has 0 bridgehead atoms. The fourth-order valence-electron chi connectivity index (χ4n) is 2.86. The molecule has 0 spiro atoms. The van der Waals surface area contributed by atoms with Crippen LogP contribution in [-0.4, -0.2) is 22.6 Å². The van der Waals surface area contributed by atoms with E-state index >= 15 is 0 Å². The number of rotatable bonds is 6. The summed E-state index contributed by atoms with van der Waals surface area (Å²) in [4.78, 5) is 8.74. The van der Waals surface area contributed by atoms with Crippen LogP contribution in [-0.2, 0) is 6.42 Å². The molecule has 4 heteroatoms. The lowest BCUT2D eigenvalue weighted by molar-refractivity contribution is 0.0939. The van der Waals surface area contributed by atoms with E-state index in [-0.39, 0.29) is 0 Å². The third-order valence-corrected chi connectivity index (χ3v) is 4.37. The molecule has 0 aliphatic heterocycles. The normalized spacial score (nSPS) is 18.5. The van der Waals surface area contributed by atoms with Crippen LogP contribution in [0.3, 0.4) is 0 Å². The Bertz CT molecular complexity index is 449. The predicted octanol–water partition coefficient (Wildman–Crippen LogP) is 4.21. The van der Waals surface area contributed by atoms with Crippen molar-refractivity contribution in [2.45, 2.75) is 72.3 Å². The molecule has 1 aliphatic rings. The third kappa shape index (κ3) is 4.32. The SMILES string of the molecule is CCCNc1ncnc(OC2CCC(C)(C)CC2)c1CC. The zero-order valence-electron chi connectivity index (χ0n) is 13.9. The number of nitrogens with one attached hydrogen (secondary N) is 1. The maximum absolute atomic E-state index is 6.20. The third-order valence-electron chi connectivity index (χ3n) is 4.37. The van der Waals surface area contributed by atoms with Gasteiger partial charge >= 0.3 is 0 Å². The van der Waals surface area contributed by atoms with Gasteiger partial charge in [-0.3, -0.25) is 0 Å². The molecule has 1 N–H and O–H groups in total. The maximum Gasteiger partial charge on any atom is 0.222 e. The monoisotopic (exact) mass is 291 g/mol. The second-order valence-corrected chi connectivity index (χ2v) is 6.77. The Morgan fingerprint density at radius 3 is 2.57 bits per heavy atom. The molecule has 0 unspecified atom stereocenters. The first-order valence-electron chi connectivity index (χ1n) is 8.30. The largest absolute Gasteiger partial charge is 0.474 e. The van der Waals surface area contributed by atoms with Gasteiger partial charge in [0.25, 0.3) is 0 Å². The summed E-state index contributed by atoms with van der Waals surface area (Å²) in [5.74, 6) is 1.70. The average molecular weight is 291 g/mol. The molecule has 1 heterocycles. The van der Waals surface area contributed by atoms with Crippen LogP contribution in [0.15, 0.2) is 6.33 Å². The van der Waals surface area contributed by atoms with E-state index in [0.717, 1.165) is 49.5 Å². The van der Waals surface area contributed by atoms with E-state index < -0.39 is 0 Å². The molecule has 21 heavy (non-hydrogen) atoms. The van der Waals surface area contributed by atoms with Gasteiger partial charge in [-0.05, 0) is 43.9 Å². The Balaban J connectivity index is 2.06. The fourth-order valence-corrected chi connectivity index (χ4v) is 2.86. The van der Waals surface area contributed by atoms with Gasteiger partial charge in [-0.2, -0.15) is 0 Å². The number of hydrogen-bond acceptors (Lipinski definition) is 4. The summed E-state index contributed by atoms with van der Waals surface area (Å²) in [6.07, 6.45) is 8.59. The minimum atomic E-state index is 0.303. The minimum Gasteiger partial charge on any atom is -0.474 e. The molecule has 1 saturated carbocycles. The summed E-state index contributed by atoms with van der Waals surface area (Å²) < 4.78 is 6.20. The van der Waals surface area contributed by atoms with Crippen LogP contribution in [0.4, 0.5) is 5.82 Å².